The van der Waals surface area contributed by atoms with E-state index in [0.29, 0.717) is 37.1 Å². The monoisotopic (exact) mass is 338 g/mol. The fraction of sp³-hybridized carbons (Fsp3) is 0.562. The number of fused-ring (bicyclic) bond motifs is 1. The van der Waals surface area contributed by atoms with Crippen LogP contribution in [0, 0.1) is 5.92 Å². The van der Waals surface area contributed by atoms with Crippen LogP contribution in [0.25, 0.3) is 0 Å². The van der Waals surface area contributed by atoms with Gasteiger partial charge in [0.1, 0.15) is 5.75 Å². The maximum atomic E-state index is 12.9. The average Bonchev–Trinajstić information content (AvgIpc) is 2.67. The normalized spacial score (nSPS) is 23.1. The van der Waals surface area contributed by atoms with Gasteiger partial charge in [-0.3, -0.25) is 4.79 Å². The van der Waals surface area contributed by atoms with Crippen LogP contribution in [-0.2, 0) is 14.8 Å². The highest BCUT2D eigenvalue weighted by Crippen LogP contribution is 2.34. The van der Waals surface area contributed by atoms with Crippen LogP contribution in [-0.4, -0.2) is 45.4 Å². The van der Waals surface area contributed by atoms with E-state index in [1.54, 1.807) is 29.6 Å². The van der Waals surface area contributed by atoms with E-state index in [0.717, 1.165) is 12.8 Å². The molecule has 1 atom stereocenters. The van der Waals surface area contributed by atoms with Crippen molar-refractivity contribution in [3.8, 4) is 5.75 Å². The predicted molar refractivity (Wildman–Crippen MR) is 87.1 cm³/mol. The van der Waals surface area contributed by atoms with Crippen molar-refractivity contribution in [2.75, 3.05) is 31.6 Å². The summed E-state index contributed by atoms with van der Waals surface area (Å²) in [6.45, 7) is 3.48. The number of rotatable bonds is 2. The van der Waals surface area contributed by atoms with Gasteiger partial charge in [0, 0.05) is 20.1 Å². The van der Waals surface area contributed by atoms with Crippen molar-refractivity contribution in [3.63, 3.8) is 0 Å². The molecule has 0 bridgehead atoms. The molecule has 1 unspecified atom stereocenters. The van der Waals surface area contributed by atoms with E-state index in [-0.39, 0.29) is 17.2 Å². The van der Waals surface area contributed by atoms with Gasteiger partial charge in [0.05, 0.1) is 23.6 Å². The molecule has 0 radical (unpaired) electrons. The van der Waals surface area contributed by atoms with Crippen molar-refractivity contribution in [3.05, 3.63) is 18.2 Å². The quantitative estimate of drug-likeness (QED) is 0.825. The number of ether oxygens (including phenoxy) is 1. The highest BCUT2D eigenvalue weighted by Gasteiger charge is 2.30. The molecule has 0 spiro atoms. The Kier molecular flexibility index (Phi) is 4.33. The maximum absolute atomic E-state index is 12.9. The summed E-state index contributed by atoms with van der Waals surface area (Å²) in [5, 5.41) is 0. The Balaban J connectivity index is 1.97. The lowest BCUT2D eigenvalue weighted by Crippen LogP contribution is -2.39. The molecule has 0 aliphatic carbocycles. The zero-order valence-corrected chi connectivity index (χ0v) is 14.3. The lowest BCUT2D eigenvalue weighted by molar-refractivity contribution is -0.118. The number of hydrogen-bond donors (Lipinski definition) is 0. The van der Waals surface area contributed by atoms with Crippen LogP contribution in [0.5, 0.6) is 5.75 Å². The van der Waals surface area contributed by atoms with Crippen LogP contribution < -0.4 is 9.64 Å². The molecule has 1 fully saturated rings. The van der Waals surface area contributed by atoms with Crippen LogP contribution >= 0.6 is 0 Å². The number of nitrogens with zero attached hydrogens (tertiary/aromatic N) is 2. The van der Waals surface area contributed by atoms with Gasteiger partial charge >= 0.3 is 0 Å². The first-order valence-corrected chi connectivity index (χ1v) is 9.37. The standard InChI is InChI=1S/C16H22N2O4S/c1-12-4-3-8-18(11-12)23(20,21)13-5-6-15-14(10-13)17(2)16(19)7-9-22-15/h5-6,10,12H,3-4,7-9,11H2,1-2H3. The van der Waals surface area contributed by atoms with Gasteiger partial charge in [-0.25, -0.2) is 8.42 Å². The Hall–Kier alpha value is -1.60. The van der Waals surface area contributed by atoms with E-state index in [2.05, 4.69) is 6.92 Å². The first-order valence-electron chi connectivity index (χ1n) is 7.93. The Bertz CT molecular complexity index is 717. The number of carbonyl (C=O) groups excluding carboxylic acids is 1. The second-order valence-corrected chi connectivity index (χ2v) is 8.23. The highest BCUT2D eigenvalue weighted by molar-refractivity contribution is 7.89. The molecule has 6 nitrogen and oxygen atoms in total. The molecular weight excluding hydrogens is 316 g/mol. The fourth-order valence-electron chi connectivity index (χ4n) is 3.11. The molecule has 1 aromatic carbocycles. The van der Waals surface area contributed by atoms with Crippen molar-refractivity contribution in [2.24, 2.45) is 5.92 Å². The lowest BCUT2D eigenvalue weighted by Gasteiger charge is -2.30. The summed E-state index contributed by atoms with van der Waals surface area (Å²) in [6, 6.07) is 4.76. The first kappa shape index (κ1) is 16.3. The molecule has 0 aromatic heterocycles. The fourth-order valence-corrected chi connectivity index (χ4v) is 4.72. The molecular formula is C16H22N2O4S. The summed E-state index contributed by atoms with van der Waals surface area (Å²) in [5.41, 5.74) is 0.513. The van der Waals surface area contributed by atoms with Crippen LogP contribution in [0.3, 0.4) is 0 Å². The number of piperidine rings is 1. The predicted octanol–water partition coefficient (Wildman–Crippen LogP) is 1.85. The molecule has 2 heterocycles. The van der Waals surface area contributed by atoms with Gasteiger partial charge in [0.2, 0.25) is 15.9 Å². The van der Waals surface area contributed by atoms with Crippen LogP contribution in [0.4, 0.5) is 5.69 Å². The number of anilines is 1. The summed E-state index contributed by atoms with van der Waals surface area (Å²) in [4.78, 5) is 13.7. The van der Waals surface area contributed by atoms with Crippen LogP contribution in [0.1, 0.15) is 26.2 Å². The van der Waals surface area contributed by atoms with Gasteiger partial charge in [-0.15, -0.1) is 0 Å². The van der Waals surface area contributed by atoms with Crippen molar-refractivity contribution >= 4 is 21.6 Å². The van der Waals surface area contributed by atoms with Gasteiger partial charge in [-0.2, -0.15) is 4.31 Å². The summed E-state index contributed by atoms with van der Waals surface area (Å²) in [6.07, 6.45) is 2.23. The maximum Gasteiger partial charge on any atom is 0.243 e. The minimum atomic E-state index is -3.54. The molecule has 0 N–H and O–H groups in total. The minimum absolute atomic E-state index is 0.0788. The largest absolute Gasteiger partial charge is 0.491 e. The SMILES string of the molecule is CC1CCCN(S(=O)(=O)c2ccc3c(c2)N(C)C(=O)CCO3)C1. The van der Waals surface area contributed by atoms with Crippen molar-refractivity contribution in [1.82, 2.24) is 4.31 Å². The number of benzene rings is 1. The number of carbonyl (C=O) groups is 1. The van der Waals surface area contributed by atoms with E-state index < -0.39 is 10.0 Å². The number of amides is 1. The molecule has 7 heteroatoms. The van der Waals surface area contributed by atoms with Gasteiger partial charge in [0.15, 0.2) is 0 Å². The number of sulfonamides is 1. The smallest absolute Gasteiger partial charge is 0.243 e. The molecule has 1 saturated heterocycles. The lowest BCUT2D eigenvalue weighted by atomic mass is 10.0. The van der Waals surface area contributed by atoms with Gasteiger partial charge in [0.25, 0.3) is 0 Å². The molecule has 126 valence electrons. The first-order chi connectivity index (χ1) is 10.9. The van der Waals surface area contributed by atoms with E-state index in [4.69, 9.17) is 4.74 Å². The van der Waals surface area contributed by atoms with Gasteiger partial charge < -0.3 is 9.64 Å². The van der Waals surface area contributed by atoms with E-state index in [1.165, 1.54) is 4.90 Å². The third-order valence-electron chi connectivity index (χ3n) is 4.50. The zero-order chi connectivity index (χ0) is 16.6. The topological polar surface area (TPSA) is 66.9 Å². The molecule has 2 aliphatic heterocycles. The van der Waals surface area contributed by atoms with E-state index in [9.17, 15) is 13.2 Å². The summed E-state index contributed by atoms with van der Waals surface area (Å²) >= 11 is 0. The Labute approximate surface area is 137 Å². The zero-order valence-electron chi connectivity index (χ0n) is 13.5. The summed E-state index contributed by atoms with van der Waals surface area (Å²) in [7, 11) is -1.89. The van der Waals surface area contributed by atoms with Crippen LogP contribution in [0.15, 0.2) is 23.1 Å². The summed E-state index contributed by atoms with van der Waals surface area (Å²) < 4.78 is 32.8. The van der Waals surface area contributed by atoms with Crippen LogP contribution in [0.2, 0.25) is 0 Å². The molecule has 2 aliphatic rings. The Morgan fingerprint density at radius 2 is 2.09 bits per heavy atom. The van der Waals surface area contributed by atoms with Crippen molar-refractivity contribution in [2.45, 2.75) is 31.1 Å². The van der Waals surface area contributed by atoms with Gasteiger partial charge in [-0.05, 0) is 37.0 Å². The van der Waals surface area contributed by atoms with Gasteiger partial charge in [-0.1, -0.05) is 6.92 Å². The van der Waals surface area contributed by atoms with Crippen molar-refractivity contribution in [1.29, 1.82) is 0 Å². The highest BCUT2D eigenvalue weighted by atomic mass is 32.2. The van der Waals surface area contributed by atoms with E-state index >= 15 is 0 Å². The number of hydrogen-bond acceptors (Lipinski definition) is 4. The molecule has 1 aromatic rings. The average molecular weight is 338 g/mol. The molecule has 23 heavy (non-hydrogen) atoms. The Morgan fingerprint density at radius 1 is 1.30 bits per heavy atom. The third kappa shape index (κ3) is 3.07. The third-order valence-corrected chi connectivity index (χ3v) is 6.36. The molecule has 3 rings (SSSR count). The molecule has 0 saturated carbocycles. The Morgan fingerprint density at radius 3 is 2.83 bits per heavy atom. The second kappa shape index (κ2) is 6.13. The van der Waals surface area contributed by atoms with E-state index in [1.807, 2.05) is 0 Å². The summed E-state index contributed by atoms with van der Waals surface area (Å²) in [5.74, 6) is 0.834. The molecule has 1 amide bonds. The van der Waals surface area contributed by atoms with Crippen molar-refractivity contribution < 1.29 is 17.9 Å². The second-order valence-electron chi connectivity index (χ2n) is 6.29. The minimum Gasteiger partial charge on any atom is -0.491 e.